The molecule has 0 atom stereocenters. The zero-order valence-corrected chi connectivity index (χ0v) is 10.3. The summed E-state index contributed by atoms with van der Waals surface area (Å²) in [6.45, 7) is 10.6. The average molecular weight is 220 g/mol. The summed E-state index contributed by atoms with van der Waals surface area (Å²) in [5.41, 5.74) is 0.00669. The number of ether oxygens (including phenoxy) is 1. The van der Waals surface area contributed by atoms with Gasteiger partial charge in [-0.15, -0.1) is 6.58 Å². The highest BCUT2D eigenvalue weighted by molar-refractivity contribution is 5.39. The van der Waals surface area contributed by atoms with Crippen molar-refractivity contribution < 1.29 is 4.74 Å². The number of anilines is 1. The Bertz CT molecular complexity index is 342. The quantitative estimate of drug-likeness (QED) is 0.611. The standard InChI is InChI=1S/C13H20N2O/c1-5-6-10-16-12-9-7-8-11(14-12)15-13(2,3)4/h5,7-9H,1,6,10H2,2-4H3,(H,14,15). The highest BCUT2D eigenvalue weighted by Crippen LogP contribution is 2.15. The zero-order chi connectivity index (χ0) is 12.0. The van der Waals surface area contributed by atoms with E-state index in [1.807, 2.05) is 24.3 Å². The van der Waals surface area contributed by atoms with Crippen LogP contribution >= 0.6 is 0 Å². The van der Waals surface area contributed by atoms with Gasteiger partial charge in [-0.25, -0.2) is 0 Å². The summed E-state index contributed by atoms with van der Waals surface area (Å²) in [7, 11) is 0. The van der Waals surface area contributed by atoms with E-state index in [0.717, 1.165) is 12.2 Å². The summed E-state index contributed by atoms with van der Waals surface area (Å²) >= 11 is 0. The molecule has 0 unspecified atom stereocenters. The summed E-state index contributed by atoms with van der Waals surface area (Å²) in [4.78, 5) is 4.36. The summed E-state index contributed by atoms with van der Waals surface area (Å²) in [6.07, 6.45) is 2.66. The second-order valence-corrected chi connectivity index (χ2v) is 4.66. The van der Waals surface area contributed by atoms with Gasteiger partial charge in [-0.1, -0.05) is 12.1 Å². The minimum absolute atomic E-state index is 0.00669. The lowest BCUT2D eigenvalue weighted by Crippen LogP contribution is -2.26. The Kier molecular flexibility index (Phi) is 4.35. The van der Waals surface area contributed by atoms with Gasteiger partial charge in [-0.05, 0) is 33.3 Å². The third-order valence-corrected chi connectivity index (χ3v) is 1.80. The Hall–Kier alpha value is -1.51. The van der Waals surface area contributed by atoms with Gasteiger partial charge < -0.3 is 10.1 Å². The van der Waals surface area contributed by atoms with E-state index in [9.17, 15) is 0 Å². The molecular weight excluding hydrogens is 200 g/mol. The van der Waals surface area contributed by atoms with Crippen LogP contribution in [0.15, 0.2) is 30.9 Å². The predicted octanol–water partition coefficient (Wildman–Crippen LogP) is 3.25. The molecule has 3 nitrogen and oxygen atoms in total. The molecule has 0 radical (unpaired) electrons. The van der Waals surface area contributed by atoms with Crippen LogP contribution in [0.2, 0.25) is 0 Å². The van der Waals surface area contributed by atoms with E-state index in [1.54, 1.807) is 0 Å². The largest absolute Gasteiger partial charge is 0.477 e. The number of hydrogen-bond donors (Lipinski definition) is 1. The molecular formula is C13H20N2O. The molecule has 0 aliphatic rings. The Morgan fingerprint density at radius 2 is 2.19 bits per heavy atom. The fraction of sp³-hybridized carbons (Fsp3) is 0.462. The number of aromatic nitrogens is 1. The predicted molar refractivity (Wildman–Crippen MR) is 67.9 cm³/mol. The van der Waals surface area contributed by atoms with Gasteiger partial charge in [0.05, 0.1) is 6.61 Å². The van der Waals surface area contributed by atoms with E-state index in [-0.39, 0.29) is 5.54 Å². The first-order valence-corrected chi connectivity index (χ1v) is 5.50. The summed E-state index contributed by atoms with van der Waals surface area (Å²) in [6, 6.07) is 5.73. The van der Waals surface area contributed by atoms with Crippen molar-refractivity contribution in [2.45, 2.75) is 32.7 Å². The van der Waals surface area contributed by atoms with Crippen LogP contribution in [0.3, 0.4) is 0 Å². The monoisotopic (exact) mass is 220 g/mol. The molecule has 0 amide bonds. The smallest absolute Gasteiger partial charge is 0.215 e. The van der Waals surface area contributed by atoms with Crippen molar-refractivity contribution in [2.24, 2.45) is 0 Å². The molecule has 1 aromatic rings. The Balaban J connectivity index is 2.60. The normalized spacial score (nSPS) is 10.9. The summed E-state index contributed by atoms with van der Waals surface area (Å²) in [5, 5.41) is 3.30. The van der Waals surface area contributed by atoms with Gasteiger partial charge in [-0.2, -0.15) is 4.98 Å². The lowest BCUT2D eigenvalue weighted by molar-refractivity contribution is 0.313. The molecule has 1 aromatic heterocycles. The molecule has 0 saturated heterocycles. The second-order valence-electron chi connectivity index (χ2n) is 4.66. The minimum atomic E-state index is 0.00669. The van der Waals surface area contributed by atoms with Gasteiger partial charge in [0.15, 0.2) is 0 Å². The number of nitrogens with zero attached hydrogens (tertiary/aromatic N) is 1. The van der Waals surface area contributed by atoms with Gasteiger partial charge in [0.25, 0.3) is 0 Å². The molecule has 1 N–H and O–H groups in total. The lowest BCUT2D eigenvalue weighted by atomic mass is 10.1. The van der Waals surface area contributed by atoms with E-state index < -0.39 is 0 Å². The van der Waals surface area contributed by atoms with Crippen molar-refractivity contribution >= 4 is 5.82 Å². The fourth-order valence-electron chi connectivity index (χ4n) is 1.20. The number of pyridine rings is 1. The molecule has 16 heavy (non-hydrogen) atoms. The van der Waals surface area contributed by atoms with E-state index in [1.165, 1.54) is 0 Å². The molecule has 1 rings (SSSR count). The Morgan fingerprint density at radius 1 is 1.44 bits per heavy atom. The van der Waals surface area contributed by atoms with Gasteiger partial charge in [0.1, 0.15) is 5.82 Å². The first-order valence-electron chi connectivity index (χ1n) is 5.50. The van der Waals surface area contributed by atoms with Crippen LogP contribution in [0.4, 0.5) is 5.82 Å². The van der Waals surface area contributed by atoms with Crippen molar-refractivity contribution in [3.05, 3.63) is 30.9 Å². The molecule has 88 valence electrons. The molecule has 0 saturated carbocycles. The third kappa shape index (κ3) is 4.82. The molecule has 0 bridgehead atoms. The lowest BCUT2D eigenvalue weighted by Gasteiger charge is -2.21. The third-order valence-electron chi connectivity index (χ3n) is 1.80. The van der Waals surface area contributed by atoms with Crippen LogP contribution in [-0.4, -0.2) is 17.1 Å². The maximum atomic E-state index is 5.48. The van der Waals surface area contributed by atoms with Gasteiger partial charge >= 0.3 is 0 Å². The second kappa shape index (κ2) is 5.54. The fourth-order valence-corrected chi connectivity index (χ4v) is 1.20. The van der Waals surface area contributed by atoms with Gasteiger partial charge in [0, 0.05) is 11.6 Å². The molecule has 0 aromatic carbocycles. The molecule has 1 heterocycles. The Morgan fingerprint density at radius 3 is 2.81 bits per heavy atom. The van der Waals surface area contributed by atoms with Crippen molar-refractivity contribution in [1.82, 2.24) is 4.98 Å². The van der Waals surface area contributed by atoms with Crippen molar-refractivity contribution in [1.29, 1.82) is 0 Å². The van der Waals surface area contributed by atoms with Crippen molar-refractivity contribution in [2.75, 3.05) is 11.9 Å². The Labute approximate surface area is 97.5 Å². The van der Waals surface area contributed by atoms with E-state index in [4.69, 9.17) is 4.74 Å². The van der Waals surface area contributed by atoms with Gasteiger partial charge in [-0.3, -0.25) is 0 Å². The van der Waals surface area contributed by atoms with Crippen LogP contribution in [-0.2, 0) is 0 Å². The number of hydrogen-bond acceptors (Lipinski definition) is 3. The van der Waals surface area contributed by atoms with Crippen molar-refractivity contribution in [3.63, 3.8) is 0 Å². The molecule has 0 spiro atoms. The first-order chi connectivity index (χ1) is 7.51. The SMILES string of the molecule is C=CCCOc1cccc(NC(C)(C)C)n1. The van der Waals surface area contributed by atoms with E-state index in [2.05, 4.69) is 37.7 Å². The van der Waals surface area contributed by atoms with E-state index in [0.29, 0.717) is 12.5 Å². The molecule has 3 heteroatoms. The van der Waals surface area contributed by atoms with Crippen LogP contribution < -0.4 is 10.1 Å². The highest BCUT2D eigenvalue weighted by Gasteiger charge is 2.10. The van der Waals surface area contributed by atoms with Crippen molar-refractivity contribution in [3.8, 4) is 5.88 Å². The number of nitrogens with one attached hydrogen (secondary N) is 1. The molecule has 0 fully saturated rings. The minimum Gasteiger partial charge on any atom is -0.477 e. The van der Waals surface area contributed by atoms with Crippen LogP contribution in [0.25, 0.3) is 0 Å². The maximum Gasteiger partial charge on any atom is 0.215 e. The molecule has 0 aliphatic heterocycles. The van der Waals surface area contributed by atoms with Gasteiger partial charge in [0.2, 0.25) is 5.88 Å². The maximum absolute atomic E-state index is 5.48. The molecule has 0 aliphatic carbocycles. The average Bonchev–Trinajstić information content (AvgIpc) is 2.16. The van der Waals surface area contributed by atoms with Crippen LogP contribution in [0, 0.1) is 0 Å². The highest BCUT2D eigenvalue weighted by atomic mass is 16.5. The van der Waals surface area contributed by atoms with Crippen LogP contribution in [0.1, 0.15) is 27.2 Å². The first kappa shape index (κ1) is 12.6. The summed E-state index contributed by atoms with van der Waals surface area (Å²) in [5.74, 6) is 1.49. The topological polar surface area (TPSA) is 34.1 Å². The van der Waals surface area contributed by atoms with E-state index >= 15 is 0 Å². The summed E-state index contributed by atoms with van der Waals surface area (Å²) < 4.78 is 5.48. The number of rotatable bonds is 5. The zero-order valence-electron chi connectivity index (χ0n) is 10.3. The van der Waals surface area contributed by atoms with Crippen LogP contribution in [0.5, 0.6) is 5.88 Å².